The van der Waals surface area contributed by atoms with E-state index in [1.165, 1.54) is 40.7 Å². The van der Waals surface area contributed by atoms with Gasteiger partial charge in [-0.3, -0.25) is 4.90 Å². The van der Waals surface area contributed by atoms with Gasteiger partial charge in [0.05, 0.1) is 23.2 Å². The minimum absolute atomic E-state index is 0.00740. The minimum Gasteiger partial charge on any atom is -0.389 e. The number of benzene rings is 3. The van der Waals surface area contributed by atoms with Crippen molar-refractivity contribution in [3.05, 3.63) is 101 Å². The molecule has 0 saturated carbocycles. The molecule has 1 atom stereocenters. The Morgan fingerprint density at radius 1 is 0.892 bits per heavy atom. The number of sulfonamides is 1. The van der Waals surface area contributed by atoms with E-state index in [1.807, 2.05) is 11.0 Å². The lowest BCUT2D eigenvalue weighted by atomic mass is 10.0. The fourth-order valence-electron chi connectivity index (χ4n) is 4.29. The molecule has 0 amide bonds. The van der Waals surface area contributed by atoms with Crippen LogP contribution in [0.1, 0.15) is 22.8 Å². The van der Waals surface area contributed by atoms with E-state index in [0.717, 1.165) is 0 Å². The van der Waals surface area contributed by atoms with Crippen LogP contribution in [-0.4, -0.2) is 68.2 Å². The van der Waals surface area contributed by atoms with Gasteiger partial charge in [0.15, 0.2) is 0 Å². The van der Waals surface area contributed by atoms with Gasteiger partial charge in [-0.15, -0.1) is 0 Å². The Balaban J connectivity index is 1.35. The van der Waals surface area contributed by atoms with E-state index in [9.17, 15) is 27.6 Å². The topological polar surface area (TPSA) is 93.9 Å². The van der Waals surface area contributed by atoms with Crippen molar-refractivity contribution in [3.8, 4) is 6.07 Å². The smallest absolute Gasteiger partial charge is 0.244 e. The maximum Gasteiger partial charge on any atom is 0.244 e. The monoisotopic (exact) mass is 527 g/mol. The van der Waals surface area contributed by atoms with E-state index in [0.29, 0.717) is 24.2 Å². The third-order valence-electron chi connectivity index (χ3n) is 6.23. The van der Waals surface area contributed by atoms with Crippen LogP contribution in [0.2, 0.25) is 0 Å². The van der Waals surface area contributed by atoms with E-state index in [1.54, 1.807) is 36.4 Å². The number of piperazine rings is 1. The zero-order valence-electron chi connectivity index (χ0n) is 20.0. The van der Waals surface area contributed by atoms with Crippen molar-refractivity contribution < 1.29 is 27.0 Å². The Morgan fingerprint density at radius 2 is 1.43 bits per heavy atom. The van der Waals surface area contributed by atoms with Crippen LogP contribution in [0.15, 0.2) is 77.7 Å². The lowest BCUT2D eigenvalue weighted by Crippen LogP contribution is -2.50. The molecule has 1 heterocycles. The van der Waals surface area contributed by atoms with Crippen LogP contribution >= 0.6 is 0 Å². The van der Waals surface area contributed by atoms with Crippen LogP contribution in [0.3, 0.4) is 0 Å². The highest BCUT2D eigenvalue weighted by atomic mass is 32.2. The number of nitrogens with zero attached hydrogens (tertiary/aromatic N) is 3. The molecule has 0 bridgehead atoms. The summed E-state index contributed by atoms with van der Waals surface area (Å²) in [6, 6.07) is 19.6. The zero-order valence-corrected chi connectivity index (χ0v) is 20.8. The van der Waals surface area contributed by atoms with Crippen molar-refractivity contribution in [1.29, 1.82) is 5.26 Å². The first-order valence-corrected chi connectivity index (χ1v) is 13.2. The van der Waals surface area contributed by atoms with Crippen LogP contribution < -0.4 is 0 Å². The summed E-state index contributed by atoms with van der Waals surface area (Å²) in [6.45, 7) is 1.50. The molecule has 1 saturated heterocycles. The van der Waals surface area contributed by atoms with Gasteiger partial charge >= 0.3 is 0 Å². The van der Waals surface area contributed by atoms with Gasteiger partial charge in [-0.1, -0.05) is 36.4 Å². The Morgan fingerprint density at radius 3 is 1.97 bits per heavy atom. The molecule has 3 aromatic carbocycles. The zero-order chi connectivity index (χ0) is 26.4. The second-order valence-corrected chi connectivity index (χ2v) is 10.7. The molecule has 10 heteroatoms. The fourth-order valence-corrected chi connectivity index (χ4v) is 5.86. The molecule has 1 aliphatic rings. The molecule has 7 nitrogen and oxygen atoms in total. The number of rotatable bonds is 9. The second-order valence-electron chi connectivity index (χ2n) is 8.78. The van der Waals surface area contributed by atoms with Crippen LogP contribution in [-0.2, 0) is 14.8 Å². The first-order chi connectivity index (χ1) is 17.8. The highest BCUT2D eigenvalue weighted by Gasteiger charge is 2.31. The maximum absolute atomic E-state index is 13.4. The van der Waals surface area contributed by atoms with Gasteiger partial charge in [-0.2, -0.15) is 9.57 Å². The third kappa shape index (κ3) is 6.57. The normalized spacial score (nSPS) is 16.0. The largest absolute Gasteiger partial charge is 0.389 e. The van der Waals surface area contributed by atoms with Crippen molar-refractivity contribution in [2.24, 2.45) is 0 Å². The summed E-state index contributed by atoms with van der Waals surface area (Å²) in [4.78, 5) is 1.94. The van der Waals surface area contributed by atoms with Gasteiger partial charge in [0.25, 0.3) is 0 Å². The summed E-state index contributed by atoms with van der Waals surface area (Å²) in [5, 5.41) is 19.9. The highest BCUT2D eigenvalue weighted by molar-refractivity contribution is 7.89. The number of ether oxygens (including phenoxy) is 1. The lowest BCUT2D eigenvalue weighted by Gasteiger charge is -2.35. The second kappa shape index (κ2) is 11.9. The number of nitriles is 1. The molecule has 194 valence electrons. The van der Waals surface area contributed by atoms with E-state index < -0.39 is 22.2 Å². The fraction of sp³-hybridized carbons (Fsp3) is 0.296. The van der Waals surface area contributed by atoms with Crippen LogP contribution in [0, 0.1) is 23.0 Å². The van der Waals surface area contributed by atoms with Gasteiger partial charge in [0, 0.05) is 32.7 Å². The van der Waals surface area contributed by atoms with E-state index in [4.69, 9.17) is 4.74 Å². The standard InChI is InChI=1S/C27H27F2N3O4S/c28-23-9-5-20(6-10-23)27(21-7-11-24(29)12-8-21)36-19-25(33)18-31-13-15-32(16-14-31)37(34,35)26-4-2-1-3-22(26)17-30/h1-12,25,27,33H,13-16,18-19H2/t25-/m0/s1. The number of aliphatic hydroxyl groups is 1. The summed E-state index contributed by atoms with van der Waals surface area (Å²) >= 11 is 0. The Bertz CT molecular complexity index is 1290. The van der Waals surface area contributed by atoms with Gasteiger partial charge in [-0.05, 0) is 47.5 Å². The van der Waals surface area contributed by atoms with Crippen LogP contribution in [0.4, 0.5) is 8.78 Å². The van der Waals surface area contributed by atoms with Crippen LogP contribution in [0.25, 0.3) is 0 Å². The van der Waals surface area contributed by atoms with Crippen molar-refractivity contribution >= 4 is 10.0 Å². The van der Waals surface area contributed by atoms with Crippen molar-refractivity contribution in [1.82, 2.24) is 9.21 Å². The number of aliphatic hydroxyl groups excluding tert-OH is 1. The van der Waals surface area contributed by atoms with Gasteiger partial charge in [-0.25, -0.2) is 17.2 Å². The number of β-amino-alcohol motifs (C(OH)–C–C–N with tert-alkyl or cyclic N) is 1. The van der Waals surface area contributed by atoms with Crippen molar-refractivity contribution in [3.63, 3.8) is 0 Å². The average molecular weight is 528 g/mol. The Labute approximate surface area is 215 Å². The molecule has 1 N–H and O–H groups in total. The Kier molecular flexibility index (Phi) is 8.63. The SMILES string of the molecule is N#Cc1ccccc1S(=O)(=O)N1CCN(C[C@H](O)COC(c2ccc(F)cc2)c2ccc(F)cc2)CC1. The van der Waals surface area contributed by atoms with E-state index in [-0.39, 0.29) is 48.3 Å². The maximum atomic E-state index is 13.4. The molecule has 0 spiro atoms. The average Bonchev–Trinajstić information content (AvgIpc) is 2.91. The van der Waals surface area contributed by atoms with Gasteiger partial charge in [0.1, 0.15) is 23.8 Å². The van der Waals surface area contributed by atoms with Crippen LogP contribution in [0.5, 0.6) is 0 Å². The molecule has 1 fully saturated rings. The summed E-state index contributed by atoms with van der Waals surface area (Å²) in [5.41, 5.74) is 1.43. The summed E-state index contributed by atoms with van der Waals surface area (Å²) in [7, 11) is -3.80. The summed E-state index contributed by atoms with van der Waals surface area (Å²) < 4.78 is 60.2. The van der Waals surface area contributed by atoms with Crippen molar-refractivity contribution in [2.75, 3.05) is 39.3 Å². The molecule has 0 radical (unpaired) electrons. The summed E-state index contributed by atoms with van der Waals surface area (Å²) in [6.07, 6.45) is -1.50. The Hall–Kier alpha value is -3.20. The van der Waals surface area contributed by atoms with Gasteiger partial charge in [0.2, 0.25) is 10.0 Å². The highest BCUT2D eigenvalue weighted by Crippen LogP contribution is 2.27. The predicted octanol–water partition coefficient (Wildman–Crippen LogP) is 3.31. The van der Waals surface area contributed by atoms with E-state index >= 15 is 0 Å². The van der Waals surface area contributed by atoms with Gasteiger partial charge < -0.3 is 9.84 Å². The number of halogens is 2. The van der Waals surface area contributed by atoms with Crippen molar-refractivity contribution in [2.45, 2.75) is 17.1 Å². The predicted molar refractivity (Wildman–Crippen MR) is 133 cm³/mol. The third-order valence-corrected chi connectivity index (χ3v) is 8.18. The lowest BCUT2D eigenvalue weighted by molar-refractivity contribution is -0.0117. The number of hydrogen-bond donors (Lipinski definition) is 1. The molecule has 1 aliphatic heterocycles. The number of hydrogen-bond acceptors (Lipinski definition) is 6. The molecule has 0 aromatic heterocycles. The first kappa shape index (κ1) is 26.9. The molecular formula is C27H27F2N3O4S. The molecule has 37 heavy (non-hydrogen) atoms. The summed E-state index contributed by atoms with van der Waals surface area (Å²) in [5.74, 6) is -0.780. The molecule has 0 aliphatic carbocycles. The molecular weight excluding hydrogens is 500 g/mol. The quantitative estimate of drug-likeness (QED) is 0.459. The molecule has 3 aromatic rings. The molecule has 0 unspecified atom stereocenters. The minimum atomic E-state index is -3.80. The first-order valence-electron chi connectivity index (χ1n) is 11.8. The molecule has 4 rings (SSSR count). The van der Waals surface area contributed by atoms with E-state index in [2.05, 4.69) is 0 Å².